The highest BCUT2D eigenvalue weighted by Crippen LogP contribution is 2.29. The lowest BCUT2D eigenvalue weighted by Gasteiger charge is -2.24. The molecule has 0 unspecified atom stereocenters. The van der Waals surface area contributed by atoms with Gasteiger partial charge < -0.3 is 4.74 Å². The Kier molecular flexibility index (Phi) is 3.74. The van der Waals surface area contributed by atoms with Crippen molar-refractivity contribution in [2.75, 3.05) is 6.54 Å². The first-order valence-corrected chi connectivity index (χ1v) is 6.38. The summed E-state index contributed by atoms with van der Waals surface area (Å²) in [6.45, 7) is 8.11. The van der Waals surface area contributed by atoms with Crippen molar-refractivity contribution in [2.45, 2.75) is 25.5 Å². The first-order chi connectivity index (χ1) is 9.04. The van der Waals surface area contributed by atoms with Crippen LogP contribution in [0.5, 0.6) is 0 Å². The van der Waals surface area contributed by atoms with Crippen LogP contribution in [0.2, 0.25) is 0 Å². The number of hydrogen-bond donors (Lipinski definition) is 0. The molecule has 1 fully saturated rings. The number of nitrogens with zero attached hydrogens (tertiary/aromatic N) is 1. The van der Waals surface area contributed by atoms with Crippen molar-refractivity contribution < 1.29 is 9.53 Å². The van der Waals surface area contributed by atoms with E-state index in [1.54, 1.807) is 11.0 Å². The number of hydrogen-bond acceptors (Lipinski definition) is 2. The van der Waals surface area contributed by atoms with Crippen LogP contribution in [0.4, 0.5) is 4.79 Å². The molecule has 0 N–H and O–H groups in total. The Morgan fingerprint density at radius 2 is 2.05 bits per heavy atom. The second kappa shape index (κ2) is 5.31. The van der Waals surface area contributed by atoms with E-state index in [0.29, 0.717) is 6.54 Å². The maximum absolute atomic E-state index is 11.8. The number of carbonyl (C=O) groups excluding carboxylic acids is 1. The molecule has 3 nitrogen and oxygen atoms in total. The zero-order valence-corrected chi connectivity index (χ0v) is 11.4. The maximum atomic E-state index is 11.8. The summed E-state index contributed by atoms with van der Waals surface area (Å²) in [6.07, 6.45) is 5.45. The van der Waals surface area contributed by atoms with E-state index in [0.717, 1.165) is 5.56 Å². The Balaban J connectivity index is 2.05. The van der Waals surface area contributed by atoms with Crippen LogP contribution in [0.25, 0.3) is 6.08 Å². The highest BCUT2D eigenvalue weighted by Gasteiger charge is 2.45. The van der Waals surface area contributed by atoms with Crippen molar-refractivity contribution in [2.24, 2.45) is 0 Å². The van der Waals surface area contributed by atoms with Crippen LogP contribution >= 0.6 is 0 Å². The minimum absolute atomic E-state index is 0.0968. The molecule has 3 heteroatoms. The molecule has 1 aromatic rings. The van der Waals surface area contributed by atoms with Gasteiger partial charge in [-0.25, -0.2) is 4.79 Å². The van der Waals surface area contributed by atoms with Crippen molar-refractivity contribution in [3.63, 3.8) is 0 Å². The van der Waals surface area contributed by atoms with Gasteiger partial charge in [-0.3, -0.25) is 4.90 Å². The fourth-order valence-corrected chi connectivity index (χ4v) is 2.30. The lowest BCUT2D eigenvalue weighted by Crippen LogP contribution is -2.39. The van der Waals surface area contributed by atoms with E-state index in [4.69, 9.17) is 4.74 Å². The molecule has 1 heterocycles. The van der Waals surface area contributed by atoms with E-state index in [1.807, 2.05) is 56.3 Å². The minimum Gasteiger partial charge on any atom is -0.441 e. The lowest BCUT2D eigenvalue weighted by molar-refractivity contribution is 0.0765. The number of cyclic esters (lactones) is 1. The fraction of sp³-hybridized carbons (Fsp3) is 0.312. The standard InChI is InChI=1S/C16H19NO2/c1-4-14-16(2,3)19-15(18)17(14)12-8-11-13-9-6-5-7-10-13/h4-11,14H,1,12H2,2-3H3/b11-8+/t14-/m0/s1. The largest absolute Gasteiger partial charge is 0.441 e. The Hall–Kier alpha value is -2.03. The monoisotopic (exact) mass is 257 g/mol. The van der Waals surface area contributed by atoms with Gasteiger partial charge in [0, 0.05) is 6.54 Å². The molecule has 2 rings (SSSR count). The first-order valence-electron chi connectivity index (χ1n) is 6.38. The second-order valence-electron chi connectivity index (χ2n) is 5.12. The Morgan fingerprint density at radius 3 is 2.68 bits per heavy atom. The van der Waals surface area contributed by atoms with E-state index in [1.165, 1.54) is 0 Å². The van der Waals surface area contributed by atoms with Gasteiger partial charge in [-0.15, -0.1) is 6.58 Å². The minimum atomic E-state index is -0.514. The third-order valence-electron chi connectivity index (χ3n) is 3.27. The van der Waals surface area contributed by atoms with Gasteiger partial charge in [-0.2, -0.15) is 0 Å². The molecule has 0 aromatic heterocycles. The summed E-state index contributed by atoms with van der Waals surface area (Å²) in [4.78, 5) is 13.5. The van der Waals surface area contributed by atoms with Crippen LogP contribution in [-0.2, 0) is 4.74 Å². The predicted molar refractivity (Wildman–Crippen MR) is 76.7 cm³/mol. The fourth-order valence-electron chi connectivity index (χ4n) is 2.30. The number of rotatable bonds is 4. The average molecular weight is 257 g/mol. The molecule has 0 bridgehead atoms. The molecule has 1 aromatic carbocycles. The van der Waals surface area contributed by atoms with Crippen LogP contribution < -0.4 is 0 Å². The van der Waals surface area contributed by atoms with Gasteiger partial charge in [0.2, 0.25) is 0 Å². The molecule has 100 valence electrons. The number of benzene rings is 1. The lowest BCUT2D eigenvalue weighted by atomic mass is 9.99. The summed E-state index contributed by atoms with van der Waals surface area (Å²) < 4.78 is 5.35. The van der Waals surface area contributed by atoms with Crippen LogP contribution in [-0.4, -0.2) is 29.2 Å². The highest BCUT2D eigenvalue weighted by atomic mass is 16.6. The number of amides is 1. The molecule has 1 aliphatic heterocycles. The molecule has 19 heavy (non-hydrogen) atoms. The molecule has 1 amide bonds. The summed E-state index contributed by atoms with van der Waals surface area (Å²) in [5, 5.41) is 0. The van der Waals surface area contributed by atoms with Crippen LogP contribution in [0.1, 0.15) is 19.4 Å². The van der Waals surface area contributed by atoms with Crippen molar-refractivity contribution in [1.29, 1.82) is 0 Å². The summed E-state index contributed by atoms with van der Waals surface area (Å²) in [5.41, 5.74) is 0.601. The second-order valence-corrected chi connectivity index (χ2v) is 5.12. The Bertz CT molecular complexity index is 491. The van der Waals surface area contributed by atoms with Gasteiger partial charge in [0.15, 0.2) is 0 Å². The van der Waals surface area contributed by atoms with Crippen molar-refractivity contribution in [1.82, 2.24) is 4.90 Å². The maximum Gasteiger partial charge on any atom is 0.411 e. The number of ether oxygens (including phenoxy) is 1. The van der Waals surface area contributed by atoms with Crippen LogP contribution in [0, 0.1) is 0 Å². The number of carbonyl (C=O) groups is 1. The summed E-state index contributed by atoms with van der Waals surface area (Å²) in [5.74, 6) is 0. The molecule has 1 atom stereocenters. The van der Waals surface area contributed by atoms with Crippen LogP contribution in [0.15, 0.2) is 49.1 Å². The van der Waals surface area contributed by atoms with Crippen molar-refractivity contribution in [3.05, 3.63) is 54.6 Å². The predicted octanol–water partition coefficient (Wildman–Crippen LogP) is 3.49. The van der Waals surface area contributed by atoms with Crippen molar-refractivity contribution >= 4 is 12.2 Å². The van der Waals surface area contributed by atoms with Gasteiger partial charge >= 0.3 is 6.09 Å². The summed E-state index contributed by atoms with van der Waals surface area (Å²) in [6, 6.07) is 9.90. The first kappa shape index (κ1) is 13.4. The van der Waals surface area contributed by atoms with Gasteiger partial charge in [-0.1, -0.05) is 48.6 Å². The summed E-state index contributed by atoms with van der Waals surface area (Å²) >= 11 is 0. The van der Waals surface area contributed by atoms with Crippen molar-refractivity contribution in [3.8, 4) is 0 Å². The molecule has 1 saturated heterocycles. The third-order valence-corrected chi connectivity index (χ3v) is 3.27. The molecular weight excluding hydrogens is 238 g/mol. The Morgan fingerprint density at radius 1 is 1.37 bits per heavy atom. The molecule has 1 aliphatic rings. The molecule has 0 aliphatic carbocycles. The van der Waals surface area contributed by atoms with E-state index in [-0.39, 0.29) is 12.1 Å². The molecular formula is C16H19NO2. The normalized spacial score (nSPS) is 21.7. The quantitative estimate of drug-likeness (QED) is 0.773. The molecule has 0 radical (unpaired) electrons. The van der Waals surface area contributed by atoms with E-state index in [2.05, 4.69) is 6.58 Å². The third kappa shape index (κ3) is 2.87. The average Bonchev–Trinajstić information content (AvgIpc) is 2.59. The van der Waals surface area contributed by atoms with E-state index < -0.39 is 5.60 Å². The smallest absolute Gasteiger partial charge is 0.411 e. The van der Waals surface area contributed by atoms with Gasteiger partial charge in [0.05, 0.1) is 6.04 Å². The zero-order valence-electron chi connectivity index (χ0n) is 11.4. The van der Waals surface area contributed by atoms with Gasteiger partial charge in [0.25, 0.3) is 0 Å². The summed E-state index contributed by atoms with van der Waals surface area (Å²) in [7, 11) is 0. The highest BCUT2D eigenvalue weighted by molar-refractivity contribution is 5.72. The van der Waals surface area contributed by atoms with Gasteiger partial charge in [0.1, 0.15) is 5.60 Å². The van der Waals surface area contributed by atoms with E-state index >= 15 is 0 Å². The topological polar surface area (TPSA) is 29.5 Å². The molecule has 0 saturated carbocycles. The molecule has 0 spiro atoms. The Labute approximate surface area is 114 Å². The zero-order chi connectivity index (χ0) is 13.9. The van der Waals surface area contributed by atoms with Gasteiger partial charge in [-0.05, 0) is 19.4 Å². The SMILES string of the molecule is C=C[C@@H]1N(C/C=C/c2ccccc2)C(=O)OC1(C)C. The van der Waals surface area contributed by atoms with E-state index in [9.17, 15) is 4.79 Å². The van der Waals surface area contributed by atoms with Crippen LogP contribution in [0.3, 0.4) is 0 Å².